The van der Waals surface area contributed by atoms with Crippen molar-refractivity contribution in [1.29, 1.82) is 0 Å². The topological polar surface area (TPSA) is 80.6 Å². The molecule has 5 heteroatoms. The Kier molecular flexibility index (Phi) is 15.0. The number of carbonyl (C=O) groups is 1. The number of hydrogen-bond acceptors (Lipinski definition) is 4. The SMILES string of the molecule is CCCCC/C=C/CC(O)c1ccc(/C=C/[C@@H](O)CCCC(=O)[O-])cc1.[Li+]. The van der Waals surface area contributed by atoms with Crippen molar-refractivity contribution in [1.82, 2.24) is 0 Å². The maximum atomic E-state index is 10.3. The van der Waals surface area contributed by atoms with E-state index in [0.717, 1.165) is 17.5 Å². The van der Waals surface area contributed by atoms with Crippen LogP contribution in [0.1, 0.15) is 75.5 Å². The summed E-state index contributed by atoms with van der Waals surface area (Å²) in [6, 6.07) is 7.57. The van der Waals surface area contributed by atoms with E-state index in [-0.39, 0.29) is 25.3 Å². The fourth-order valence-electron chi connectivity index (χ4n) is 2.59. The van der Waals surface area contributed by atoms with Crippen molar-refractivity contribution < 1.29 is 39.0 Å². The minimum absolute atomic E-state index is 0. The van der Waals surface area contributed by atoms with E-state index in [4.69, 9.17) is 0 Å². The number of carboxylic acid groups (broad SMARTS) is 1. The molecule has 0 heterocycles. The number of carboxylic acids is 1. The van der Waals surface area contributed by atoms with Crippen LogP contribution in [0.4, 0.5) is 0 Å². The summed E-state index contributed by atoms with van der Waals surface area (Å²) in [6.07, 6.45) is 12.5. The minimum atomic E-state index is -1.09. The van der Waals surface area contributed by atoms with Gasteiger partial charge in [-0.15, -0.1) is 0 Å². The molecule has 0 aliphatic rings. The van der Waals surface area contributed by atoms with E-state index in [1.165, 1.54) is 19.3 Å². The average molecular weight is 366 g/mol. The second-order valence-electron chi connectivity index (χ2n) is 6.58. The Labute approximate surface area is 175 Å². The molecule has 2 N–H and O–H groups in total. The Hall–Kier alpha value is -1.31. The van der Waals surface area contributed by atoms with Gasteiger partial charge in [0.2, 0.25) is 0 Å². The zero-order valence-corrected chi connectivity index (χ0v) is 16.6. The molecule has 0 aliphatic heterocycles. The fraction of sp³-hybridized carbons (Fsp3) is 0.500. The average Bonchev–Trinajstić information content (AvgIpc) is 2.63. The Morgan fingerprint density at radius 2 is 1.81 bits per heavy atom. The molecule has 0 saturated heterocycles. The van der Waals surface area contributed by atoms with Gasteiger partial charge in [-0.2, -0.15) is 0 Å². The molecule has 1 aromatic rings. The van der Waals surface area contributed by atoms with E-state index in [1.54, 1.807) is 12.2 Å². The standard InChI is InChI=1S/C22H32O4.Li/c1-2-3-4-5-6-7-10-21(24)19-15-12-18(13-16-19)14-17-20(23)9-8-11-22(25)26;/h6-7,12-17,20-21,23-24H,2-5,8-11H2,1H3,(H,25,26);/q;+1/p-1/b7-6+,17-14+;/t20-,21?;/m0./s1. The third kappa shape index (κ3) is 12.7. The van der Waals surface area contributed by atoms with Crippen LogP contribution in [-0.4, -0.2) is 22.3 Å². The van der Waals surface area contributed by atoms with Gasteiger partial charge < -0.3 is 20.1 Å². The zero-order valence-electron chi connectivity index (χ0n) is 16.6. The van der Waals surface area contributed by atoms with Crippen LogP contribution in [-0.2, 0) is 4.79 Å². The summed E-state index contributed by atoms with van der Waals surface area (Å²) in [6.45, 7) is 2.18. The molecule has 0 radical (unpaired) electrons. The van der Waals surface area contributed by atoms with Gasteiger partial charge in [-0.1, -0.05) is 68.3 Å². The van der Waals surface area contributed by atoms with E-state index in [9.17, 15) is 20.1 Å². The molecule has 1 aromatic carbocycles. The summed E-state index contributed by atoms with van der Waals surface area (Å²) >= 11 is 0. The van der Waals surface area contributed by atoms with Crippen molar-refractivity contribution in [3.05, 3.63) is 53.6 Å². The summed E-state index contributed by atoms with van der Waals surface area (Å²) in [7, 11) is 0. The van der Waals surface area contributed by atoms with Gasteiger partial charge in [0.1, 0.15) is 0 Å². The Morgan fingerprint density at radius 3 is 2.44 bits per heavy atom. The number of allylic oxidation sites excluding steroid dienone is 1. The summed E-state index contributed by atoms with van der Waals surface area (Å²) in [5, 5.41) is 30.3. The van der Waals surface area contributed by atoms with Crippen LogP contribution in [0, 0.1) is 0 Å². The van der Waals surface area contributed by atoms with E-state index in [1.807, 2.05) is 30.3 Å². The second-order valence-corrected chi connectivity index (χ2v) is 6.58. The summed E-state index contributed by atoms with van der Waals surface area (Å²) in [4.78, 5) is 10.3. The van der Waals surface area contributed by atoms with Crippen molar-refractivity contribution >= 4 is 12.0 Å². The molecule has 0 fully saturated rings. The van der Waals surface area contributed by atoms with Crippen LogP contribution in [0.2, 0.25) is 0 Å². The van der Waals surface area contributed by atoms with Gasteiger partial charge in [0.05, 0.1) is 12.2 Å². The molecule has 0 bridgehead atoms. The van der Waals surface area contributed by atoms with Crippen LogP contribution >= 0.6 is 0 Å². The summed E-state index contributed by atoms with van der Waals surface area (Å²) in [5.41, 5.74) is 1.80. The first kappa shape index (κ1) is 25.7. The molecule has 0 aromatic heterocycles. The van der Waals surface area contributed by atoms with Gasteiger partial charge in [-0.05, 0) is 49.7 Å². The number of aliphatic hydroxyl groups excluding tert-OH is 2. The number of aliphatic carboxylic acids is 1. The summed E-state index contributed by atoms with van der Waals surface area (Å²) < 4.78 is 0. The molecule has 1 unspecified atom stereocenters. The minimum Gasteiger partial charge on any atom is -0.550 e. The van der Waals surface area contributed by atoms with Crippen LogP contribution in [0.3, 0.4) is 0 Å². The molecular formula is C22H31LiO4. The number of rotatable bonds is 13. The summed E-state index contributed by atoms with van der Waals surface area (Å²) in [5.74, 6) is -1.09. The molecule has 0 aliphatic carbocycles. The number of carbonyl (C=O) groups excluding carboxylic acids is 1. The van der Waals surface area contributed by atoms with Gasteiger partial charge >= 0.3 is 18.9 Å². The van der Waals surface area contributed by atoms with Crippen molar-refractivity contribution in [2.75, 3.05) is 0 Å². The fourth-order valence-corrected chi connectivity index (χ4v) is 2.59. The maximum absolute atomic E-state index is 10.3. The first-order valence-corrected chi connectivity index (χ1v) is 9.52. The molecule has 2 atom stereocenters. The molecule has 0 saturated carbocycles. The first-order valence-electron chi connectivity index (χ1n) is 9.52. The van der Waals surface area contributed by atoms with Crippen LogP contribution < -0.4 is 24.0 Å². The van der Waals surface area contributed by atoms with Crippen molar-refractivity contribution in [3.8, 4) is 0 Å². The van der Waals surface area contributed by atoms with E-state index < -0.39 is 18.2 Å². The van der Waals surface area contributed by atoms with Gasteiger partial charge in [0, 0.05) is 5.97 Å². The van der Waals surface area contributed by atoms with E-state index >= 15 is 0 Å². The maximum Gasteiger partial charge on any atom is 1.00 e. The number of unbranched alkanes of at least 4 members (excludes halogenated alkanes) is 3. The monoisotopic (exact) mass is 366 g/mol. The quantitative estimate of drug-likeness (QED) is 0.303. The normalized spacial score (nSPS) is 13.6. The van der Waals surface area contributed by atoms with Crippen molar-refractivity contribution in [3.63, 3.8) is 0 Å². The van der Waals surface area contributed by atoms with Gasteiger partial charge in [-0.25, -0.2) is 0 Å². The van der Waals surface area contributed by atoms with Crippen molar-refractivity contribution in [2.45, 2.75) is 70.5 Å². The van der Waals surface area contributed by atoms with Crippen LogP contribution in [0.5, 0.6) is 0 Å². The Bertz CT molecular complexity index is 566. The van der Waals surface area contributed by atoms with E-state index in [2.05, 4.69) is 13.0 Å². The molecule has 144 valence electrons. The smallest absolute Gasteiger partial charge is 0.550 e. The van der Waals surface area contributed by atoms with E-state index in [0.29, 0.717) is 19.3 Å². The molecule has 4 nitrogen and oxygen atoms in total. The Morgan fingerprint density at radius 1 is 1.11 bits per heavy atom. The Balaban J connectivity index is 0.00000676. The third-order valence-corrected chi connectivity index (χ3v) is 4.21. The van der Waals surface area contributed by atoms with Gasteiger partial charge in [0.15, 0.2) is 0 Å². The molecule has 1 rings (SSSR count). The number of hydrogen-bond donors (Lipinski definition) is 2. The zero-order chi connectivity index (χ0) is 19.2. The van der Waals surface area contributed by atoms with Crippen LogP contribution in [0.25, 0.3) is 6.08 Å². The third-order valence-electron chi connectivity index (χ3n) is 4.21. The largest absolute Gasteiger partial charge is 1.00 e. The molecular weight excluding hydrogens is 335 g/mol. The number of aliphatic hydroxyl groups is 2. The first-order chi connectivity index (χ1) is 12.5. The molecule has 27 heavy (non-hydrogen) atoms. The second kappa shape index (κ2) is 15.7. The van der Waals surface area contributed by atoms with Gasteiger partial charge in [-0.3, -0.25) is 0 Å². The molecule has 0 amide bonds. The van der Waals surface area contributed by atoms with Crippen molar-refractivity contribution in [2.24, 2.45) is 0 Å². The van der Waals surface area contributed by atoms with Crippen LogP contribution in [0.15, 0.2) is 42.5 Å². The number of benzene rings is 1. The van der Waals surface area contributed by atoms with Gasteiger partial charge in [0.25, 0.3) is 0 Å². The predicted octanol–water partition coefficient (Wildman–Crippen LogP) is 0.545. The predicted molar refractivity (Wildman–Crippen MR) is 103 cm³/mol. The molecule has 0 spiro atoms.